The van der Waals surface area contributed by atoms with E-state index in [1.54, 1.807) is 26.2 Å². The molecule has 0 aliphatic carbocycles. The van der Waals surface area contributed by atoms with E-state index < -0.39 is 0 Å². The summed E-state index contributed by atoms with van der Waals surface area (Å²) in [6.45, 7) is 0.162. The van der Waals surface area contributed by atoms with Gasteiger partial charge >= 0.3 is 0 Å². The van der Waals surface area contributed by atoms with E-state index in [1.165, 1.54) is 4.90 Å². The summed E-state index contributed by atoms with van der Waals surface area (Å²) in [5, 5.41) is 3.69. The number of likely N-dealkylation sites (N-methyl/N-ethyl adjacent to an activating group) is 1. The first-order valence-electron chi connectivity index (χ1n) is 4.60. The molecule has 0 saturated heterocycles. The molecule has 1 aromatic carbocycles. The molecule has 0 radical (unpaired) electrons. The van der Waals surface area contributed by atoms with Crippen molar-refractivity contribution in [2.24, 2.45) is 0 Å². The second kappa shape index (κ2) is 5.27. The Labute approximate surface area is 104 Å². The predicted molar refractivity (Wildman–Crippen MR) is 68.1 cm³/mol. The lowest BCUT2D eigenvalue weighted by atomic mass is 10.2. The highest BCUT2D eigenvalue weighted by Crippen LogP contribution is 2.30. The quantitative estimate of drug-likeness (QED) is 0.820. The molecular formula is C10H13Cl2N3O. The van der Waals surface area contributed by atoms with E-state index in [2.05, 4.69) is 5.32 Å². The van der Waals surface area contributed by atoms with E-state index in [-0.39, 0.29) is 12.5 Å². The Morgan fingerprint density at radius 3 is 2.50 bits per heavy atom. The van der Waals surface area contributed by atoms with Crippen molar-refractivity contribution in [3.8, 4) is 0 Å². The topological polar surface area (TPSA) is 58.4 Å². The maximum Gasteiger partial charge on any atom is 0.241 e. The Morgan fingerprint density at radius 1 is 1.38 bits per heavy atom. The number of nitrogens with zero attached hydrogens (tertiary/aromatic N) is 1. The van der Waals surface area contributed by atoms with Gasteiger partial charge in [0.15, 0.2) is 0 Å². The summed E-state index contributed by atoms with van der Waals surface area (Å²) >= 11 is 11.6. The van der Waals surface area contributed by atoms with Gasteiger partial charge in [0, 0.05) is 14.1 Å². The summed E-state index contributed by atoms with van der Waals surface area (Å²) in [5.74, 6) is -0.0505. The van der Waals surface area contributed by atoms with Crippen molar-refractivity contribution in [1.82, 2.24) is 4.90 Å². The minimum absolute atomic E-state index is 0.0505. The number of halogens is 2. The zero-order valence-electron chi connectivity index (χ0n) is 9.05. The van der Waals surface area contributed by atoms with Gasteiger partial charge in [-0.3, -0.25) is 4.79 Å². The molecule has 0 spiro atoms. The fourth-order valence-electron chi connectivity index (χ4n) is 1.04. The van der Waals surface area contributed by atoms with Crippen LogP contribution in [-0.2, 0) is 4.79 Å². The number of benzene rings is 1. The number of rotatable bonds is 3. The van der Waals surface area contributed by atoms with E-state index in [1.807, 2.05) is 0 Å². The van der Waals surface area contributed by atoms with Crippen LogP contribution >= 0.6 is 23.2 Å². The summed E-state index contributed by atoms with van der Waals surface area (Å²) < 4.78 is 0. The number of anilines is 2. The molecule has 0 atom stereocenters. The molecule has 88 valence electrons. The monoisotopic (exact) mass is 261 g/mol. The van der Waals surface area contributed by atoms with E-state index in [4.69, 9.17) is 28.9 Å². The van der Waals surface area contributed by atoms with E-state index in [9.17, 15) is 4.79 Å². The van der Waals surface area contributed by atoms with Crippen LogP contribution in [-0.4, -0.2) is 31.4 Å². The third-order valence-corrected chi connectivity index (χ3v) is 2.74. The first-order chi connectivity index (χ1) is 7.41. The number of nitrogen functional groups attached to an aromatic ring is 1. The van der Waals surface area contributed by atoms with Crippen molar-refractivity contribution < 1.29 is 4.79 Å². The highest BCUT2D eigenvalue weighted by atomic mass is 35.5. The Balaban J connectivity index is 2.75. The zero-order chi connectivity index (χ0) is 12.3. The maximum atomic E-state index is 11.3. The predicted octanol–water partition coefficient (Wildman–Crippen LogP) is 2.08. The fourth-order valence-corrected chi connectivity index (χ4v) is 1.38. The molecule has 0 aromatic heterocycles. The van der Waals surface area contributed by atoms with Crippen molar-refractivity contribution in [2.75, 3.05) is 31.7 Å². The van der Waals surface area contributed by atoms with Gasteiger partial charge in [-0.1, -0.05) is 23.2 Å². The van der Waals surface area contributed by atoms with Gasteiger partial charge in [-0.05, 0) is 12.1 Å². The molecule has 16 heavy (non-hydrogen) atoms. The summed E-state index contributed by atoms with van der Waals surface area (Å²) in [6, 6.07) is 3.15. The molecule has 0 fully saturated rings. The van der Waals surface area contributed by atoms with Gasteiger partial charge in [-0.15, -0.1) is 0 Å². The van der Waals surface area contributed by atoms with Crippen LogP contribution in [0.15, 0.2) is 12.1 Å². The lowest BCUT2D eigenvalue weighted by Crippen LogP contribution is -2.28. The summed E-state index contributed by atoms with van der Waals surface area (Å²) in [6.07, 6.45) is 0. The lowest BCUT2D eigenvalue weighted by molar-refractivity contribution is -0.126. The molecule has 3 N–H and O–H groups in total. The SMILES string of the molecule is CN(C)C(=O)CNc1cc(Cl)c(Cl)cc1N. The number of carbonyl (C=O) groups is 1. The van der Waals surface area contributed by atoms with Crippen LogP contribution in [0.1, 0.15) is 0 Å². The first kappa shape index (κ1) is 12.9. The van der Waals surface area contributed by atoms with Gasteiger partial charge < -0.3 is 16.0 Å². The Kier molecular flexibility index (Phi) is 4.26. The van der Waals surface area contributed by atoms with E-state index in [0.29, 0.717) is 21.4 Å². The van der Waals surface area contributed by atoms with Gasteiger partial charge in [-0.25, -0.2) is 0 Å². The molecule has 0 aliphatic heterocycles. The second-order valence-corrected chi connectivity index (χ2v) is 4.31. The highest BCUT2D eigenvalue weighted by molar-refractivity contribution is 6.42. The summed E-state index contributed by atoms with van der Waals surface area (Å²) in [5.41, 5.74) is 6.78. The Morgan fingerprint density at radius 2 is 1.94 bits per heavy atom. The van der Waals surface area contributed by atoms with Crippen LogP contribution in [0.5, 0.6) is 0 Å². The van der Waals surface area contributed by atoms with Crippen molar-refractivity contribution in [3.05, 3.63) is 22.2 Å². The van der Waals surface area contributed by atoms with Gasteiger partial charge in [0.1, 0.15) is 0 Å². The average molecular weight is 262 g/mol. The number of nitrogens with two attached hydrogens (primary N) is 1. The smallest absolute Gasteiger partial charge is 0.241 e. The number of carbonyl (C=O) groups excluding carboxylic acids is 1. The Bertz CT molecular complexity index is 407. The second-order valence-electron chi connectivity index (χ2n) is 3.50. The zero-order valence-corrected chi connectivity index (χ0v) is 10.6. The van der Waals surface area contributed by atoms with Gasteiger partial charge in [-0.2, -0.15) is 0 Å². The van der Waals surface area contributed by atoms with Crippen LogP contribution < -0.4 is 11.1 Å². The molecule has 0 heterocycles. The van der Waals surface area contributed by atoms with E-state index in [0.717, 1.165) is 0 Å². The van der Waals surface area contributed by atoms with Crippen molar-refractivity contribution in [1.29, 1.82) is 0 Å². The van der Waals surface area contributed by atoms with Crippen LogP contribution in [0.4, 0.5) is 11.4 Å². The molecule has 1 amide bonds. The largest absolute Gasteiger partial charge is 0.397 e. The molecular weight excluding hydrogens is 249 g/mol. The molecule has 6 heteroatoms. The van der Waals surface area contributed by atoms with Crippen molar-refractivity contribution in [3.63, 3.8) is 0 Å². The normalized spacial score (nSPS) is 10.0. The van der Waals surface area contributed by atoms with Crippen LogP contribution in [0.3, 0.4) is 0 Å². The van der Waals surface area contributed by atoms with Crippen LogP contribution in [0, 0.1) is 0 Å². The number of nitrogens with one attached hydrogen (secondary N) is 1. The minimum Gasteiger partial charge on any atom is -0.397 e. The summed E-state index contributed by atoms with van der Waals surface area (Å²) in [7, 11) is 3.37. The highest BCUT2D eigenvalue weighted by Gasteiger charge is 2.07. The van der Waals surface area contributed by atoms with E-state index >= 15 is 0 Å². The molecule has 0 bridgehead atoms. The van der Waals surface area contributed by atoms with Crippen molar-refractivity contribution in [2.45, 2.75) is 0 Å². The van der Waals surface area contributed by atoms with Crippen LogP contribution in [0.2, 0.25) is 10.0 Å². The van der Waals surface area contributed by atoms with Crippen LogP contribution in [0.25, 0.3) is 0 Å². The fraction of sp³-hybridized carbons (Fsp3) is 0.300. The first-order valence-corrected chi connectivity index (χ1v) is 5.36. The van der Waals surface area contributed by atoms with Gasteiger partial charge in [0.2, 0.25) is 5.91 Å². The molecule has 0 aliphatic rings. The Hall–Kier alpha value is -1.13. The molecule has 1 rings (SSSR count). The van der Waals surface area contributed by atoms with Crippen molar-refractivity contribution >= 4 is 40.5 Å². The third kappa shape index (κ3) is 3.18. The number of hydrogen-bond acceptors (Lipinski definition) is 3. The minimum atomic E-state index is -0.0505. The molecule has 4 nitrogen and oxygen atoms in total. The average Bonchev–Trinajstić information content (AvgIpc) is 2.20. The molecule has 1 aromatic rings. The maximum absolute atomic E-state index is 11.3. The lowest BCUT2D eigenvalue weighted by Gasteiger charge is -2.13. The number of hydrogen-bond donors (Lipinski definition) is 2. The standard InChI is InChI=1S/C10H13Cl2N3O/c1-15(2)10(16)5-14-9-4-7(12)6(11)3-8(9)13/h3-4,14H,5,13H2,1-2H3. The molecule has 0 unspecified atom stereocenters. The number of amides is 1. The molecule has 0 saturated carbocycles. The van der Waals surface area contributed by atoms with Gasteiger partial charge in [0.25, 0.3) is 0 Å². The third-order valence-electron chi connectivity index (χ3n) is 2.02. The summed E-state index contributed by atoms with van der Waals surface area (Å²) in [4.78, 5) is 12.8. The van der Waals surface area contributed by atoms with Gasteiger partial charge in [0.05, 0.1) is 28.0 Å².